The largest absolute Gasteiger partial charge is 0.465 e. The minimum atomic E-state index is -0.468. The van der Waals surface area contributed by atoms with Crippen molar-refractivity contribution in [2.24, 2.45) is 0 Å². The molecule has 0 fully saturated rings. The van der Waals surface area contributed by atoms with Gasteiger partial charge in [-0.2, -0.15) is 0 Å². The fourth-order valence-corrected chi connectivity index (χ4v) is 2.79. The summed E-state index contributed by atoms with van der Waals surface area (Å²) >= 11 is 0. The van der Waals surface area contributed by atoms with E-state index in [1.165, 1.54) is 7.11 Å². The first-order valence-corrected chi connectivity index (χ1v) is 9.22. The third kappa shape index (κ3) is 5.16. The number of hydrogen-bond acceptors (Lipinski definition) is 6. The van der Waals surface area contributed by atoms with Crippen molar-refractivity contribution in [2.45, 2.75) is 13.5 Å². The Labute approximate surface area is 169 Å². The Kier molecular flexibility index (Phi) is 6.52. The molecule has 0 spiro atoms. The van der Waals surface area contributed by atoms with Gasteiger partial charge < -0.3 is 15.0 Å². The lowest BCUT2D eigenvalue weighted by molar-refractivity contribution is 0.0600. The summed E-state index contributed by atoms with van der Waals surface area (Å²) in [6, 6.07) is 18.1. The Bertz CT molecular complexity index is 992. The second-order valence-corrected chi connectivity index (χ2v) is 6.27. The number of rotatable bonds is 7. The summed E-state index contributed by atoms with van der Waals surface area (Å²) in [5.74, 6) is -0.372. The van der Waals surface area contributed by atoms with Crippen molar-refractivity contribution in [3.05, 3.63) is 83.7 Å². The number of methoxy groups -OCH3 is 1. The number of benzene rings is 2. The number of anilines is 2. The fraction of sp³-hybridized carbons (Fsp3) is 0.182. The average molecular weight is 390 g/mol. The molecule has 1 N–H and O–H groups in total. The van der Waals surface area contributed by atoms with E-state index in [9.17, 15) is 9.59 Å². The molecule has 3 aromatic rings. The number of carbonyl (C=O) groups is 2. The molecular formula is C22H22N4O3. The SMILES string of the molecule is CCN(Cc1ccccc1)c1nccc(C(=O)Nc2cccc(C(=O)OC)c2)n1. The van der Waals surface area contributed by atoms with E-state index in [1.807, 2.05) is 42.2 Å². The number of aromatic nitrogens is 2. The molecule has 7 nitrogen and oxygen atoms in total. The molecule has 29 heavy (non-hydrogen) atoms. The Balaban J connectivity index is 1.76. The smallest absolute Gasteiger partial charge is 0.337 e. The zero-order valence-corrected chi connectivity index (χ0v) is 16.3. The minimum Gasteiger partial charge on any atom is -0.465 e. The van der Waals surface area contributed by atoms with Crippen molar-refractivity contribution in [2.75, 3.05) is 23.9 Å². The van der Waals surface area contributed by atoms with Gasteiger partial charge in [0, 0.05) is 25.0 Å². The Hall–Kier alpha value is -3.74. The van der Waals surface area contributed by atoms with Crippen molar-refractivity contribution in [3.63, 3.8) is 0 Å². The highest BCUT2D eigenvalue weighted by Crippen LogP contribution is 2.15. The van der Waals surface area contributed by atoms with E-state index in [-0.39, 0.29) is 11.6 Å². The number of esters is 1. The average Bonchev–Trinajstić information content (AvgIpc) is 2.77. The van der Waals surface area contributed by atoms with Crippen LogP contribution in [0, 0.1) is 0 Å². The molecule has 1 amide bonds. The van der Waals surface area contributed by atoms with Gasteiger partial charge in [-0.3, -0.25) is 4.79 Å². The summed E-state index contributed by atoms with van der Waals surface area (Å²) in [6.45, 7) is 3.35. The number of nitrogens with one attached hydrogen (secondary N) is 1. The molecule has 0 aliphatic carbocycles. The van der Waals surface area contributed by atoms with Crippen molar-refractivity contribution in [1.29, 1.82) is 0 Å². The first-order valence-electron chi connectivity index (χ1n) is 9.22. The maximum Gasteiger partial charge on any atom is 0.337 e. The van der Waals surface area contributed by atoms with Gasteiger partial charge in [0.1, 0.15) is 5.69 Å². The van der Waals surface area contributed by atoms with Crippen LogP contribution >= 0.6 is 0 Å². The molecule has 7 heteroatoms. The van der Waals surface area contributed by atoms with Crippen LogP contribution in [0.2, 0.25) is 0 Å². The van der Waals surface area contributed by atoms with E-state index >= 15 is 0 Å². The van der Waals surface area contributed by atoms with E-state index in [1.54, 1.807) is 36.5 Å². The van der Waals surface area contributed by atoms with Crippen LogP contribution in [0.5, 0.6) is 0 Å². The standard InChI is InChI=1S/C22H22N4O3/c1-3-26(15-16-8-5-4-6-9-16)22-23-13-12-19(25-22)20(27)24-18-11-7-10-17(14-18)21(28)29-2/h4-14H,3,15H2,1-2H3,(H,24,27). The van der Waals surface area contributed by atoms with Crippen LogP contribution < -0.4 is 10.2 Å². The number of carbonyl (C=O) groups excluding carboxylic acids is 2. The number of amides is 1. The highest BCUT2D eigenvalue weighted by atomic mass is 16.5. The van der Waals surface area contributed by atoms with Crippen LogP contribution in [-0.4, -0.2) is 35.5 Å². The summed E-state index contributed by atoms with van der Waals surface area (Å²) in [6.07, 6.45) is 1.57. The first-order chi connectivity index (χ1) is 14.1. The normalized spacial score (nSPS) is 10.3. The second kappa shape index (κ2) is 9.45. The fourth-order valence-electron chi connectivity index (χ4n) is 2.79. The monoisotopic (exact) mass is 390 g/mol. The highest BCUT2D eigenvalue weighted by Gasteiger charge is 2.14. The van der Waals surface area contributed by atoms with Crippen LogP contribution in [0.25, 0.3) is 0 Å². The van der Waals surface area contributed by atoms with Crippen LogP contribution in [0.15, 0.2) is 66.9 Å². The Morgan fingerprint density at radius 3 is 2.59 bits per heavy atom. The third-order valence-corrected chi connectivity index (χ3v) is 4.30. The van der Waals surface area contributed by atoms with E-state index in [0.29, 0.717) is 30.3 Å². The Morgan fingerprint density at radius 2 is 1.86 bits per heavy atom. The van der Waals surface area contributed by atoms with Crippen molar-refractivity contribution in [3.8, 4) is 0 Å². The highest BCUT2D eigenvalue weighted by molar-refractivity contribution is 6.03. The maximum atomic E-state index is 12.7. The summed E-state index contributed by atoms with van der Waals surface area (Å²) in [7, 11) is 1.31. The number of ether oxygens (including phenoxy) is 1. The van der Waals surface area contributed by atoms with Crippen LogP contribution in [0.1, 0.15) is 33.3 Å². The van der Waals surface area contributed by atoms with Crippen molar-refractivity contribution in [1.82, 2.24) is 9.97 Å². The van der Waals surface area contributed by atoms with E-state index in [4.69, 9.17) is 4.74 Å². The zero-order chi connectivity index (χ0) is 20.6. The summed E-state index contributed by atoms with van der Waals surface area (Å²) in [4.78, 5) is 35.0. The molecule has 1 heterocycles. The topological polar surface area (TPSA) is 84.4 Å². The number of hydrogen-bond donors (Lipinski definition) is 1. The molecule has 0 saturated heterocycles. The lowest BCUT2D eigenvalue weighted by Crippen LogP contribution is -2.25. The van der Waals surface area contributed by atoms with Gasteiger partial charge in [0.05, 0.1) is 12.7 Å². The van der Waals surface area contributed by atoms with E-state index in [0.717, 1.165) is 5.56 Å². The molecular weight excluding hydrogens is 368 g/mol. The van der Waals surface area contributed by atoms with Crippen LogP contribution in [0.3, 0.4) is 0 Å². The van der Waals surface area contributed by atoms with Gasteiger partial charge in [-0.15, -0.1) is 0 Å². The first kappa shape index (κ1) is 20.0. The zero-order valence-electron chi connectivity index (χ0n) is 16.3. The maximum absolute atomic E-state index is 12.7. The number of nitrogens with zero attached hydrogens (tertiary/aromatic N) is 3. The van der Waals surface area contributed by atoms with Gasteiger partial charge in [0.25, 0.3) is 5.91 Å². The predicted molar refractivity (Wildman–Crippen MR) is 111 cm³/mol. The van der Waals surface area contributed by atoms with Gasteiger partial charge in [-0.1, -0.05) is 36.4 Å². The van der Waals surface area contributed by atoms with Gasteiger partial charge >= 0.3 is 5.97 Å². The molecule has 2 aromatic carbocycles. The molecule has 0 bridgehead atoms. The minimum absolute atomic E-state index is 0.241. The van der Waals surface area contributed by atoms with Gasteiger partial charge in [-0.25, -0.2) is 14.8 Å². The lowest BCUT2D eigenvalue weighted by atomic mass is 10.2. The molecule has 3 rings (SSSR count). The van der Waals surface area contributed by atoms with E-state index in [2.05, 4.69) is 15.3 Å². The Morgan fingerprint density at radius 1 is 1.07 bits per heavy atom. The predicted octanol–water partition coefficient (Wildman–Crippen LogP) is 3.54. The van der Waals surface area contributed by atoms with Gasteiger partial charge in [0.15, 0.2) is 0 Å². The molecule has 0 radical (unpaired) electrons. The van der Waals surface area contributed by atoms with Crippen molar-refractivity contribution >= 4 is 23.5 Å². The quantitative estimate of drug-likeness (QED) is 0.621. The molecule has 0 saturated carbocycles. The molecule has 1 aromatic heterocycles. The second-order valence-electron chi connectivity index (χ2n) is 6.27. The van der Waals surface area contributed by atoms with Crippen LogP contribution in [0.4, 0.5) is 11.6 Å². The third-order valence-electron chi connectivity index (χ3n) is 4.30. The van der Waals surface area contributed by atoms with E-state index < -0.39 is 5.97 Å². The molecule has 0 aliphatic heterocycles. The summed E-state index contributed by atoms with van der Waals surface area (Å²) < 4.78 is 4.71. The molecule has 0 unspecified atom stereocenters. The van der Waals surface area contributed by atoms with Crippen LogP contribution in [-0.2, 0) is 11.3 Å². The summed E-state index contributed by atoms with van der Waals surface area (Å²) in [5.41, 5.74) is 2.21. The van der Waals surface area contributed by atoms with Gasteiger partial charge in [-0.05, 0) is 36.8 Å². The summed E-state index contributed by atoms with van der Waals surface area (Å²) in [5, 5.41) is 2.76. The lowest BCUT2D eigenvalue weighted by Gasteiger charge is -2.21. The van der Waals surface area contributed by atoms with Crippen molar-refractivity contribution < 1.29 is 14.3 Å². The molecule has 0 atom stereocenters. The molecule has 148 valence electrons. The molecule has 0 aliphatic rings. The van der Waals surface area contributed by atoms with Gasteiger partial charge in [0.2, 0.25) is 5.95 Å².